The van der Waals surface area contributed by atoms with E-state index in [1.807, 2.05) is 103 Å². The van der Waals surface area contributed by atoms with Crippen molar-refractivity contribution in [2.24, 2.45) is 9.98 Å². The van der Waals surface area contributed by atoms with E-state index in [1.165, 1.54) is 6.07 Å². The fourth-order valence-electron chi connectivity index (χ4n) is 3.97. The topological polar surface area (TPSA) is 70.8 Å². The summed E-state index contributed by atoms with van der Waals surface area (Å²) >= 11 is 0. The molecule has 0 amide bonds. The maximum atomic E-state index is 13.1. The Morgan fingerprint density at radius 3 is 1.95 bits per heavy atom. The fraction of sp³-hybridized carbons (Fsp3) is 0. The van der Waals surface area contributed by atoms with Crippen molar-refractivity contribution in [2.45, 2.75) is 0 Å². The first-order chi connectivity index (χ1) is 17.7. The third-order valence-electron chi connectivity index (χ3n) is 5.78. The van der Waals surface area contributed by atoms with Crippen molar-refractivity contribution in [3.63, 3.8) is 0 Å². The smallest absolute Gasteiger partial charge is 0.872 e. The van der Waals surface area contributed by atoms with Crippen molar-refractivity contribution < 1.29 is 26.7 Å². The zero-order valence-electron chi connectivity index (χ0n) is 19.7. The zero-order valence-corrected chi connectivity index (χ0v) is 20.7. The average molecular weight is 525 g/mol. The summed E-state index contributed by atoms with van der Waals surface area (Å²) in [6.45, 7) is 0. The minimum Gasteiger partial charge on any atom is -0.872 e. The molecule has 0 aromatic heterocycles. The Hall–Kier alpha value is -4.47. The van der Waals surface area contributed by atoms with Crippen molar-refractivity contribution in [3.05, 3.63) is 144 Å². The fourth-order valence-corrected chi connectivity index (χ4v) is 3.97. The molecule has 182 valence electrons. The quantitative estimate of drug-likeness (QED) is 0.190. The van der Waals surface area contributed by atoms with E-state index in [0.717, 1.165) is 11.1 Å². The van der Waals surface area contributed by atoms with Crippen molar-refractivity contribution in [1.82, 2.24) is 0 Å². The van der Waals surface area contributed by atoms with Crippen molar-refractivity contribution in [3.8, 4) is 22.6 Å². The number of benzene rings is 5. The van der Waals surface area contributed by atoms with Gasteiger partial charge in [-0.05, 0) is 34.4 Å². The third-order valence-corrected chi connectivity index (χ3v) is 5.78. The number of rotatable bonds is 6. The summed E-state index contributed by atoms with van der Waals surface area (Å²) in [4.78, 5) is 9.51. The summed E-state index contributed by atoms with van der Waals surface area (Å²) in [5.41, 5.74) is 5.09. The van der Waals surface area contributed by atoms with Crippen molar-refractivity contribution >= 4 is 23.3 Å². The normalized spacial score (nSPS) is 11.3. The van der Waals surface area contributed by atoms with Crippen LogP contribution < -0.4 is 10.2 Å². The number of hydrogen-bond acceptors (Lipinski definition) is 4. The maximum absolute atomic E-state index is 13.1. The van der Waals surface area contributed by atoms with E-state index in [-0.39, 0.29) is 28.0 Å². The van der Waals surface area contributed by atoms with E-state index in [1.54, 1.807) is 24.4 Å². The molecule has 0 heterocycles. The van der Waals surface area contributed by atoms with Crippen LogP contribution in [0.2, 0.25) is 0 Å². The van der Waals surface area contributed by atoms with Crippen molar-refractivity contribution in [1.29, 1.82) is 0 Å². The second-order valence-corrected chi connectivity index (χ2v) is 8.16. The molecule has 0 N–H and O–H groups in total. The Morgan fingerprint density at radius 1 is 0.595 bits per heavy atom. The third kappa shape index (κ3) is 5.86. The second-order valence-electron chi connectivity index (χ2n) is 8.16. The molecule has 5 rings (SSSR count). The minimum absolute atomic E-state index is 0. The van der Waals surface area contributed by atoms with Gasteiger partial charge in [0.2, 0.25) is 0 Å². The van der Waals surface area contributed by atoms with Gasteiger partial charge >= 0.3 is 16.5 Å². The van der Waals surface area contributed by atoms with E-state index < -0.39 is 0 Å². The molecule has 4 nitrogen and oxygen atoms in total. The van der Waals surface area contributed by atoms with E-state index in [4.69, 9.17) is 4.99 Å². The van der Waals surface area contributed by atoms with E-state index in [2.05, 4.69) is 4.99 Å². The molecule has 37 heavy (non-hydrogen) atoms. The molecule has 0 atom stereocenters. The van der Waals surface area contributed by atoms with Gasteiger partial charge in [-0.3, -0.25) is 4.99 Å². The van der Waals surface area contributed by atoms with Gasteiger partial charge in [-0.15, -0.1) is 0 Å². The standard InChI is InChI=1S/C32H24N2O2.Ni/c35-30-21-10-7-17-27(30)31(24-14-5-2-6-15-24)34-29-20-9-8-19-28(29)33-22-25-16-11-18-26(32(25)36)23-12-3-1-4-13-23;/h1-22,35-36H;/q;+2/p-2. The number of para-hydroxylation sites is 4. The van der Waals surface area contributed by atoms with Crippen LogP contribution in [-0.2, 0) is 16.5 Å². The molecule has 0 spiro atoms. The SMILES string of the molecule is [Ni+2].[O-]c1ccccc1C(=Nc1ccccc1N=Cc1cccc(-c2ccccc2)c1[O-])c1ccccc1. The summed E-state index contributed by atoms with van der Waals surface area (Å²) in [7, 11) is 0. The molecule has 0 aliphatic carbocycles. The van der Waals surface area contributed by atoms with Crippen LogP contribution in [0.5, 0.6) is 11.5 Å². The van der Waals surface area contributed by atoms with Gasteiger partial charge in [0.1, 0.15) is 0 Å². The van der Waals surface area contributed by atoms with E-state index in [9.17, 15) is 10.2 Å². The van der Waals surface area contributed by atoms with Gasteiger partial charge in [0, 0.05) is 11.8 Å². The number of nitrogens with zero attached hydrogens (tertiary/aromatic N) is 2. The van der Waals surface area contributed by atoms with E-state index in [0.29, 0.717) is 33.8 Å². The Bertz CT molecular complexity index is 1550. The average Bonchev–Trinajstić information content (AvgIpc) is 2.93. The molecular weight excluding hydrogens is 503 g/mol. The van der Waals surface area contributed by atoms with Crippen LogP contribution in [0, 0.1) is 0 Å². The molecular formula is C32H22N2NiO2. The van der Waals surface area contributed by atoms with Crippen LogP contribution in [0.15, 0.2) is 137 Å². The maximum Gasteiger partial charge on any atom is 2.00 e. The predicted molar refractivity (Wildman–Crippen MR) is 143 cm³/mol. The van der Waals surface area contributed by atoms with Crippen LogP contribution in [0.1, 0.15) is 16.7 Å². The Labute approximate surface area is 226 Å². The van der Waals surface area contributed by atoms with Gasteiger partial charge in [-0.2, -0.15) is 0 Å². The first-order valence-electron chi connectivity index (χ1n) is 11.6. The first kappa shape index (κ1) is 25.6. The zero-order chi connectivity index (χ0) is 24.7. The molecule has 5 aromatic rings. The summed E-state index contributed by atoms with van der Waals surface area (Å²) < 4.78 is 0. The molecule has 0 unspecified atom stereocenters. The molecule has 0 radical (unpaired) electrons. The summed E-state index contributed by atoms with van der Waals surface area (Å²) in [5.74, 6) is -0.187. The van der Waals surface area contributed by atoms with Gasteiger partial charge in [-0.1, -0.05) is 127 Å². The Morgan fingerprint density at radius 2 is 1.22 bits per heavy atom. The molecule has 5 aromatic carbocycles. The van der Waals surface area contributed by atoms with Gasteiger partial charge in [0.15, 0.2) is 0 Å². The molecule has 0 fully saturated rings. The second kappa shape index (κ2) is 12.0. The van der Waals surface area contributed by atoms with Crippen LogP contribution in [0.3, 0.4) is 0 Å². The Balaban J connectivity index is 0.00000320. The van der Waals surface area contributed by atoms with E-state index >= 15 is 0 Å². The number of aliphatic imine (C=N–C) groups is 2. The molecule has 0 aliphatic heterocycles. The van der Waals surface area contributed by atoms with Crippen molar-refractivity contribution in [2.75, 3.05) is 0 Å². The monoisotopic (exact) mass is 524 g/mol. The number of hydrogen-bond donors (Lipinski definition) is 0. The largest absolute Gasteiger partial charge is 2.00 e. The summed E-state index contributed by atoms with van der Waals surface area (Å²) in [6.07, 6.45) is 1.58. The molecule has 0 aliphatic rings. The van der Waals surface area contributed by atoms with Gasteiger partial charge in [0.05, 0.1) is 17.1 Å². The molecule has 0 bridgehead atoms. The first-order valence-corrected chi connectivity index (χ1v) is 11.6. The minimum atomic E-state index is -0.102. The van der Waals surface area contributed by atoms with Crippen LogP contribution in [0.25, 0.3) is 11.1 Å². The van der Waals surface area contributed by atoms with Crippen LogP contribution in [0.4, 0.5) is 11.4 Å². The van der Waals surface area contributed by atoms with Crippen LogP contribution >= 0.6 is 0 Å². The molecule has 0 saturated heterocycles. The van der Waals surface area contributed by atoms with Gasteiger partial charge < -0.3 is 10.2 Å². The summed E-state index contributed by atoms with van der Waals surface area (Å²) in [5, 5.41) is 25.8. The summed E-state index contributed by atoms with van der Waals surface area (Å²) in [6, 6.07) is 38.9. The van der Waals surface area contributed by atoms with Gasteiger partial charge in [0.25, 0.3) is 0 Å². The predicted octanol–water partition coefficient (Wildman–Crippen LogP) is 6.42. The molecule has 5 heteroatoms. The molecule has 0 saturated carbocycles. The van der Waals surface area contributed by atoms with Gasteiger partial charge in [-0.25, -0.2) is 4.99 Å². The Kier molecular flexibility index (Phi) is 8.30. The van der Waals surface area contributed by atoms with Crippen LogP contribution in [-0.4, -0.2) is 11.9 Å².